The van der Waals surface area contributed by atoms with Gasteiger partial charge in [0.25, 0.3) is 0 Å². The zero-order valence-electron chi connectivity index (χ0n) is 7.88. The van der Waals surface area contributed by atoms with Crippen LogP contribution in [0, 0.1) is 0 Å². The summed E-state index contributed by atoms with van der Waals surface area (Å²) in [5, 5.41) is 10.6. The summed E-state index contributed by atoms with van der Waals surface area (Å²) in [7, 11) is 0. The van der Waals surface area contributed by atoms with Crippen molar-refractivity contribution in [2.45, 2.75) is 11.3 Å². The molecule has 0 fully saturated rings. The lowest BCUT2D eigenvalue weighted by Crippen LogP contribution is -2.08. The Morgan fingerprint density at radius 1 is 1.40 bits per heavy atom. The predicted octanol–water partition coefficient (Wildman–Crippen LogP) is 2.53. The van der Waals surface area contributed by atoms with Gasteiger partial charge in [0.15, 0.2) is 0 Å². The number of carboxylic acids is 1. The van der Waals surface area contributed by atoms with E-state index in [1.54, 1.807) is 18.0 Å². The van der Waals surface area contributed by atoms with Crippen LogP contribution in [0.2, 0.25) is 0 Å². The molecule has 0 amide bonds. The summed E-state index contributed by atoms with van der Waals surface area (Å²) in [6, 6.07) is 7.69. The van der Waals surface area contributed by atoms with Crippen molar-refractivity contribution in [2.24, 2.45) is 4.99 Å². The van der Waals surface area contributed by atoms with Crippen molar-refractivity contribution < 1.29 is 9.90 Å². The van der Waals surface area contributed by atoms with Gasteiger partial charge in [-0.3, -0.25) is 9.79 Å². The average Bonchev–Trinajstić information content (AvgIpc) is 2.41. The number of benzene rings is 1. The quantitative estimate of drug-likeness (QED) is 0.831. The largest absolute Gasteiger partial charge is 0.481 e. The van der Waals surface area contributed by atoms with Gasteiger partial charge in [-0.1, -0.05) is 30.0 Å². The molecule has 76 valence electrons. The molecule has 0 saturated carbocycles. The number of carboxylic acid groups (broad SMARTS) is 1. The molecule has 15 heavy (non-hydrogen) atoms. The van der Waals surface area contributed by atoms with Crippen molar-refractivity contribution >= 4 is 23.4 Å². The van der Waals surface area contributed by atoms with Crippen LogP contribution < -0.4 is 0 Å². The SMILES string of the molecule is O=C(O)CC1=NC=CSc2ccccc21. The maximum Gasteiger partial charge on any atom is 0.309 e. The molecule has 3 nitrogen and oxygen atoms in total. The van der Waals surface area contributed by atoms with E-state index in [2.05, 4.69) is 4.99 Å². The van der Waals surface area contributed by atoms with Gasteiger partial charge in [-0.2, -0.15) is 0 Å². The number of aliphatic carboxylic acids is 1. The van der Waals surface area contributed by atoms with E-state index >= 15 is 0 Å². The van der Waals surface area contributed by atoms with E-state index in [4.69, 9.17) is 5.11 Å². The fourth-order valence-corrected chi connectivity index (χ4v) is 2.12. The molecule has 0 unspecified atom stereocenters. The van der Waals surface area contributed by atoms with Gasteiger partial charge in [0, 0.05) is 16.7 Å². The van der Waals surface area contributed by atoms with Gasteiger partial charge in [-0.15, -0.1) is 0 Å². The minimum Gasteiger partial charge on any atom is -0.481 e. The summed E-state index contributed by atoms with van der Waals surface area (Å²) >= 11 is 1.55. The highest BCUT2D eigenvalue weighted by molar-refractivity contribution is 8.02. The highest BCUT2D eigenvalue weighted by atomic mass is 32.2. The second-order valence-corrected chi connectivity index (χ2v) is 3.99. The lowest BCUT2D eigenvalue weighted by molar-refractivity contribution is -0.135. The van der Waals surface area contributed by atoms with Crippen molar-refractivity contribution in [3.63, 3.8) is 0 Å². The molecule has 1 aliphatic rings. The van der Waals surface area contributed by atoms with Crippen LogP contribution in [0.1, 0.15) is 12.0 Å². The smallest absolute Gasteiger partial charge is 0.309 e. The first-order chi connectivity index (χ1) is 7.27. The van der Waals surface area contributed by atoms with E-state index in [-0.39, 0.29) is 6.42 Å². The number of fused-ring (bicyclic) bond motifs is 1. The van der Waals surface area contributed by atoms with Gasteiger partial charge in [0.2, 0.25) is 0 Å². The molecule has 1 aliphatic heterocycles. The second-order valence-electron chi connectivity index (χ2n) is 3.05. The van der Waals surface area contributed by atoms with E-state index < -0.39 is 5.97 Å². The molecule has 1 aromatic rings. The van der Waals surface area contributed by atoms with Gasteiger partial charge >= 0.3 is 5.97 Å². The van der Waals surface area contributed by atoms with Gasteiger partial charge in [0.05, 0.1) is 12.1 Å². The van der Waals surface area contributed by atoms with Crippen molar-refractivity contribution in [2.75, 3.05) is 0 Å². The lowest BCUT2D eigenvalue weighted by Gasteiger charge is -2.05. The summed E-state index contributed by atoms with van der Waals surface area (Å²) in [4.78, 5) is 15.9. The molecule has 0 radical (unpaired) electrons. The molecule has 0 aliphatic carbocycles. The van der Waals surface area contributed by atoms with Crippen molar-refractivity contribution in [1.29, 1.82) is 0 Å². The van der Waals surface area contributed by atoms with Crippen LogP contribution >= 0.6 is 11.8 Å². The molecule has 0 saturated heterocycles. The Labute approximate surface area is 91.5 Å². The maximum atomic E-state index is 10.7. The molecule has 1 N–H and O–H groups in total. The zero-order chi connectivity index (χ0) is 10.7. The number of hydrogen-bond donors (Lipinski definition) is 1. The highest BCUT2D eigenvalue weighted by Crippen LogP contribution is 2.27. The molecule has 0 bridgehead atoms. The van der Waals surface area contributed by atoms with Crippen LogP contribution in [-0.4, -0.2) is 16.8 Å². The van der Waals surface area contributed by atoms with Crippen LogP contribution in [0.15, 0.2) is 45.8 Å². The van der Waals surface area contributed by atoms with E-state index in [1.807, 2.05) is 29.7 Å². The average molecular weight is 219 g/mol. The number of carbonyl (C=O) groups is 1. The zero-order valence-corrected chi connectivity index (χ0v) is 8.70. The first-order valence-corrected chi connectivity index (χ1v) is 5.35. The Morgan fingerprint density at radius 3 is 3.00 bits per heavy atom. The molecule has 0 aromatic heterocycles. The molecule has 4 heteroatoms. The molecule has 0 atom stereocenters. The Morgan fingerprint density at radius 2 is 2.20 bits per heavy atom. The number of aliphatic imine (C=N–C) groups is 1. The predicted molar refractivity (Wildman–Crippen MR) is 60.2 cm³/mol. The highest BCUT2D eigenvalue weighted by Gasteiger charge is 2.13. The third-order valence-corrected chi connectivity index (χ3v) is 2.87. The first-order valence-electron chi connectivity index (χ1n) is 4.47. The van der Waals surface area contributed by atoms with Crippen LogP contribution in [0.3, 0.4) is 0 Å². The summed E-state index contributed by atoms with van der Waals surface area (Å²) in [5.74, 6) is -0.858. The van der Waals surface area contributed by atoms with Crippen LogP contribution in [0.5, 0.6) is 0 Å². The van der Waals surface area contributed by atoms with Gasteiger partial charge < -0.3 is 5.11 Å². The monoisotopic (exact) mass is 219 g/mol. The molecule has 2 rings (SSSR count). The normalized spacial score (nSPS) is 14.0. The molecule has 0 spiro atoms. The Hall–Kier alpha value is -1.55. The van der Waals surface area contributed by atoms with Crippen LogP contribution in [0.25, 0.3) is 0 Å². The molecule has 1 heterocycles. The fraction of sp³-hybridized carbons (Fsp3) is 0.0909. The number of hydrogen-bond acceptors (Lipinski definition) is 3. The van der Waals surface area contributed by atoms with E-state index in [0.717, 1.165) is 10.5 Å². The fourth-order valence-electron chi connectivity index (χ4n) is 1.39. The topological polar surface area (TPSA) is 49.7 Å². The Balaban J connectivity index is 2.43. The Bertz CT molecular complexity index is 452. The first kappa shape index (κ1) is 9.98. The number of rotatable bonds is 2. The molecular weight excluding hydrogens is 210 g/mol. The standard InChI is InChI=1S/C11H9NO2S/c13-11(14)7-9-8-3-1-2-4-10(8)15-6-5-12-9/h1-6H,7H2,(H,13,14). The van der Waals surface area contributed by atoms with Crippen molar-refractivity contribution in [1.82, 2.24) is 0 Å². The van der Waals surface area contributed by atoms with Crippen molar-refractivity contribution in [3.8, 4) is 0 Å². The van der Waals surface area contributed by atoms with Crippen LogP contribution in [0.4, 0.5) is 0 Å². The van der Waals surface area contributed by atoms with E-state index in [9.17, 15) is 4.79 Å². The maximum absolute atomic E-state index is 10.7. The van der Waals surface area contributed by atoms with Gasteiger partial charge in [0.1, 0.15) is 0 Å². The third kappa shape index (κ3) is 2.27. The van der Waals surface area contributed by atoms with Gasteiger partial charge in [-0.25, -0.2) is 0 Å². The van der Waals surface area contributed by atoms with Crippen molar-refractivity contribution in [3.05, 3.63) is 41.4 Å². The Kier molecular flexibility index (Phi) is 2.87. The van der Waals surface area contributed by atoms with E-state index in [1.165, 1.54) is 0 Å². The summed E-state index contributed by atoms with van der Waals surface area (Å²) in [6.45, 7) is 0. The minimum absolute atomic E-state index is 0.0398. The van der Waals surface area contributed by atoms with E-state index in [0.29, 0.717) is 5.71 Å². The second kappa shape index (κ2) is 4.31. The number of thioether (sulfide) groups is 1. The third-order valence-electron chi connectivity index (χ3n) is 2.00. The minimum atomic E-state index is -0.858. The molecular formula is C11H9NO2S. The van der Waals surface area contributed by atoms with Gasteiger partial charge in [-0.05, 0) is 11.5 Å². The molecule has 1 aromatic carbocycles. The van der Waals surface area contributed by atoms with Crippen LogP contribution in [-0.2, 0) is 4.79 Å². The lowest BCUT2D eigenvalue weighted by atomic mass is 10.1. The summed E-state index contributed by atoms with van der Waals surface area (Å²) in [5.41, 5.74) is 1.52. The summed E-state index contributed by atoms with van der Waals surface area (Å²) < 4.78 is 0. The summed E-state index contributed by atoms with van der Waals surface area (Å²) in [6.07, 6.45) is 1.60. The number of nitrogens with zero attached hydrogens (tertiary/aromatic N) is 1.